The molecule has 4 rings (SSSR count). The summed E-state index contributed by atoms with van der Waals surface area (Å²) in [5, 5.41) is 6.59. The summed E-state index contributed by atoms with van der Waals surface area (Å²) in [6, 6.07) is 11.4. The van der Waals surface area contributed by atoms with Crippen LogP contribution in [0.5, 0.6) is 0 Å². The van der Waals surface area contributed by atoms with Crippen LogP contribution in [0.3, 0.4) is 0 Å². The fourth-order valence-electron chi connectivity index (χ4n) is 4.57. The second-order valence-electron chi connectivity index (χ2n) is 9.44. The van der Waals surface area contributed by atoms with Crippen molar-refractivity contribution in [2.45, 2.75) is 45.1 Å². The fourth-order valence-corrected chi connectivity index (χ4v) is 5.09. The Balaban J connectivity index is 1.57. The van der Waals surface area contributed by atoms with E-state index in [1.807, 2.05) is 36.1 Å². The minimum Gasteiger partial charge on any atom is -0.341 e. The number of nitrogens with zero attached hydrogens (tertiary/aromatic N) is 3. The molecule has 10 heteroatoms. The zero-order valence-corrected chi connectivity index (χ0v) is 22.3. The highest BCUT2D eigenvalue weighted by molar-refractivity contribution is 6.35. The van der Waals surface area contributed by atoms with Crippen molar-refractivity contribution in [2.24, 2.45) is 4.99 Å². The molecule has 3 amide bonds. The van der Waals surface area contributed by atoms with E-state index in [2.05, 4.69) is 15.6 Å². The van der Waals surface area contributed by atoms with Gasteiger partial charge in [0.1, 0.15) is 6.04 Å². The molecular formula is C27H31Cl2N5O3. The lowest BCUT2D eigenvalue weighted by atomic mass is 10.1. The average Bonchev–Trinajstić information content (AvgIpc) is 3.34. The molecule has 0 radical (unpaired) electrons. The molecule has 37 heavy (non-hydrogen) atoms. The molecule has 2 aromatic carbocycles. The van der Waals surface area contributed by atoms with E-state index in [0.717, 1.165) is 44.3 Å². The third-order valence-corrected chi connectivity index (χ3v) is 6.90. The first-order chi connectivity index (χ1) is 17.8. The number of aryl methyl sites for hydroxylation is 1. The van der Waals surface area contributed by atoms with Crippen LogP contribution in [0.25, 0.3) is 0 Å². The zero-order chi connectivity index (χ0) is 26.4. The van der Waals surface area contributed by atoms with E-state index in [9.17, 15) is 14.4 Å². The van der Waals surface area contributed by atoms with Gasteiger partial charge in [0.2, 0.25) is 17.8 Å². The molecule has 1 atom stereocenters. The van der Waals surface area contributed by atoms with Gasteiger partial charge in [-0.15, -0.1) is 0 Å². The van der Waals surface area contributed by atoms with Crippen LogP contribution in [0.4, 0.5) is 5.69 Å². The number of guanidine groups is 1. The van der Waals surface area contributed by atoms with Gasteiger partial charge < -0.3 is 15.1 Å². The number of amides is 3. The number of rotatable bonds is 5. The van der Waals surface area contributed by atoms with E-state index in [1.54, 1.807) is 11.0 Å². The molecule has 2 saturated heterocycles. The maximum Gasteiger partial charge on any atom is 0.258 e. The van der Waals surface area contributed by atoms with E-state index in [-0.39, 0.29) is 29.9 Å². The summed E-state index contributed by atoms with van der Waals surface area (Å²) in [7, 11) is 0. The van der Waals surface area contributed by atoms with Crippen molar-refractivity contribution < 1.29 is 14.4 Å². The number of hydrogen-bond acceptors (Lipinski definition) is 4. The van der Waals surface area contributed by atoms with Gasteiger partial charge in [0.15, 0.2) is 0 Å². The van der Waals surface area contributed by atoms with Crippen molar-refractivity contribution >= 4 is 52.6 Å². The SMILES string of the molecule is Cc1cccc(NC(=N[C@H]2CCCCN(CC(=O)N3CCCC3)C2=O)NC(=O)c2cc(Cl)cc(Cl)c2)c1. The molecule has 0 unspecified atom stereocenters. The lowest BCUT2D eigenvalue weighted by molar-refractivity contribution is -0.140. The Morgan fingerprint density at radius 2 is 1.70 bits per heavy atom. The second kappa shape index (κ2) is 12.4. The predicted molar refractivity (Wildman–Crippen MR) is 146 cm³/mol. The Kier molecular flexibility index (Phi) is 9.05. The predicted octanol–water partition coefficient (Wildman–Crippen LogP) is 4.50. The molecule has 0 aromatic heterocycles. The number of carbonyl (C=O) groups is 3. The Morgan fingerprint density at radius 1 is 1.00 bits per heavy atom. The van der Waals surface area contributed by atoms with E-state index >= 15 is 0 Å². The molecule has 2 aliphatic heterocycles. The van der Waals surface area contributed by atoms with Gasteiger partial charge in [0.25, 0.3) is 5.91 Å². The van der Waals surface area contributed by atoms with E-state index in [4.69, 9.17) is 23.2 Å². The number of likely N-dealkylation sites (tertiary alicyclic amines) is 2. The quantitative estimate of drug-likeness (QED) is 0.428. The third-order valence-electron chi connectivity index (χ3n) is 6.46. The van der Waals surface area contributed by atoms with Crippen molar-refractivity contribution in [3.8, 4) is 0 Å². The normalized spacial score (nSPS) is 18.5. The number of halogens is 2. The lowest BCUT2D eigenvalue weighted by Crippen LogP contribution is -2.45. The Bertz CT molecular complexity index is 1180. The minimum atomic E-state index is -0.732. The van der Waals surface area contributed by atoms with Gasteiger partial charge >= 0.3 is 0 Å². The van der Waals surface area contributed by atoms with Crippen LogP contribution in [0.2, 0.25) is 10.0 Å². The maximum absolute atomic E-state index is 13.5. The number of hydrogen-bond donors (Lipinski definition) is 2. The topological polar surface area (TPSA) is 94.1 Å². The standard InChI is InChI=1S/C27H31Cl2N5O3/c1-18-7-6-8-22(13-18)30-27(32-25(36)19-14-20(28)16-21(29)15-19)31-23-9-2-3-12-34(26(23)37)17-24(35)33-10-4-5-11-33/h6-8,13-16,23H,2-5,9-12,17H2,1H3,(H2,30,31,32,36)/t23-/m0/s1. The van der Waals surface area contributed by atoms with Gasteiger partial charge in [-0.2, -0.15) is 0 Å². The zero-order valence-electron chi connectivity index (χ0n) is 20.8. The van der Waals surface area contributed by atoms with Gasteiger partial charge in [-0.05, 0) is 74.9 Å². The molecule has 2 aromatic rings. The molecule has 0 aliphatic carbocycles. The van der Waals surface area contributed by atoms with Crippen LogP contribution in [0, 0.1) is 6.92 Å². The van der Waals surface area contributed by atoms with Crippen molar-refractivity contribution in [3.05, 3.63) is 63.6 Å². The summed E-state index contributed by atoms with van der Waals surface area (Å²) < 4.78 is 0. The summed E-state index contributed by atoms with van der Waals surface area (Å²) in [4.78, 5) is 47.3. The molecule has 2 aliphatic rings. The highest BCUT2D eigenvalue weighted by atomic mass is 35.5. The molecule has 196 valence electrons. The van der Waals surface area contributed by atoms with Crippen LogP contribution in [-0.4, -0.2) is 65.7 Å². The summed E-state index contributed by atoms with van der Waals surface area (Å²) in [5.41, 5.74) is 2.00. The van der Waals surface area contributed by atoms with Gasteiger partial charge in [-0.25, -0.2) is 4.99 Å². The largest absolute Gasteiger partial charge is 0.341 e. The molecular weight excluding hydrogens is 513 g/mol. The number of aliphatic imine (C=N–C) groups is 1. The minimum absolute atomic E-state index is 0.0280. The molecule has 2 heterocycles. The van der Waals surface area contributed by atoms with E-state index in [0.29, 0.717) is 28.7 Å². The maximum atomic E-state index is 13.5. The second-order valence-corrected chi connectivity index (χ2v) is 10.3. The van der Waals surface area contributed by atoms with Gasteiger partial charge in [0, 0.05) is 40.9 Å². The van der Waals surface area contributed by atoms with E-state index < -0.39 is 11.9 Å². The first kappa shape index (κ1) is 26.9. The van der Waals surface area contributed by atoms with Crippen LogP contribution >= 0.6 is 23.2 Å². The number of benzene rings is 2. The Morgan fingerprint density at radius 3 is 2.41 bits per heavy atom. The lowest BCUT2D eigenvalue weighted by Gasteiger charge is -2.25. The van der Waals surface area contributed by atoms with Crippen molar-refractivity contribution in [3.63, 3.8) is 0 Å². The number of anilines is 1. The Hall–Kier alpha value is -3.10. The Labute approximate surface area is 227 Å². The monoisotopic (exact) mass is 543 g/mol. The highest BCUT2D eigenvalue weighted by Crippen LogP contribution is 2.20. The molecule has 2 fully saturated rings. The number of carbonyl (C=O) groups excluding carboxylic acids is 3. The smallest absolute Gasteiger partial charge is 0.258 e. The van der Waals surface area contributed by atoms with Crippen LogP contribution in [-0.2, 0) is 9.59 Å². The van der Waals surface area contributed by atoms with Gasteiger partial charge in [-0.1, -0.05) is 35.3 Å². The summed E-state index contributed by atoms with van der Waals surface area (Å²) >= 11 is 12.2. The summed E-state index contributed by atoms with van der Waals surface area (Å²) in [6.45, 7) is 4.01. The van der Waals surface area contributed by atoms with Crippen LogP contribution in [0.15, 0.2) is 47.5 Å². The van der Waals surface area contributed by atoms with Gasteiger partial charge in [-0.3, -0.25) is 19.7 Å². The van der Waals surface area contributed by atoms with Crippen LogP contribution in [0.1, 0.15) is 48.0 Å². The van der Waals surface area contributed by atoms with Crippen molar-refractivity contribution in [2.75, 3.05) is 31.5 Å². The first-order valence-corrected chi connectivity index (χ1v) is 13.3. The molecule has 0 saturated carbocycles. The van der Waals surface area contributed by atoms with Crippen LogP contribution < -0.4 is 10.6 Å². The molecule has 0 spiro atoms. The summed E-state index contributed by atoms with van der Waals surface area (Å²) in [6.07, 6.45) is 4.09. The van der Waals surface area contributed by atoms with Crippen molar-refractivity contribution in [1.29, 1.82) is 0 Å². The first-order valence-electron chi connectivity index (χ1n) is 12.5. The molecule has 0 bridgehead atoms. The third kappa shape index (κ3) is 7.46. The summed E-state index contributed by atoms with van der Waals surface area (Å²) in [5.74, 6) is -0.573. The molecule has 2 N–H and O–H groups in total. The van der Waals surface area contributed by atoms with Crippen molar-refractivity contribution in [1.82, 2.24) is 15.1 Å². The van der Waals surface area contributed by atoms with Gasteiger partial charge in [0.05, 0.1) is 6.54 Å². The highest BCUT2D eigenvalue weighted by Gasteiger charge is 2.30. The number of nitrogens with one attached hydrogen (secondary N) is 2. The average molecular weight is 544 g/mol. The molecule has 8 nitrogen and oxygen atoms in total. The fraction of sp³-hybridized carbons (Fsp3) is 0.407. The van der Waals surface area contributed by atoms with E-state index in [1.165, 1.54) is 12.1 Å².